The topological polar surface area (TPSA) is 135 Å². The molecule has 1 aliphatic heterocycles. The molecular formula is C33H40F3N5O7. The van der Waals surface area contributed by atoms with Gasteiger partial charge in [0.1, 0.15) is 5.75 Å². The molecule has 1 atom stereocenters. The van der Waals surface area contributed by atoms with Crippen LogP contribution in [0.2, 0.25) is 0 Å². The van der Waals surface area contributed by atoms with Crippen molar-refractivity contribution in [1.82, 2.24) is 20.0 Å². The van der Waals surface area contributed by atoms with E-state index in [0.717, 1.165) is 6.07 Å². The number of carbonyl (C=O) groups is 3. The maximum atomic E-state index is 13.8. The number of anilines is 1. The number of benzene rings is 2. The highest BCUT2D eigenvalue weighted by atomic mass is 19.4. The third-order valence-electron chi connectivity index (χ3n) is 7.95. The summed E-state index contributed by atoms with van der Waals surface area (Å²) in [5.41, 5.74) is 0.434. The number of ether oxygens (including phenoxy) is 3. The van der Waals surface area contributed by atoms with Crippen LogP contribution in [0.5, 0.6) is 17.2 Å². The second-order valence-corrected chi connectivity index (χ2v) is 12.2. The molecule has 0 aliphatic carbocycles. The number of rotatable bonds is 12. The summed E-state index contributed by atoms with van der Waals surface area (Å²) < 4.78 is 55.6. The lowest BCUT2D eigenvalue weighted by Gasteiger charge is -2.33. The molecule has 48 heavy (non-hydrogen) atoms. The molecule has 4 rings (SSSR count). The summed E-state index contributed by atoms with van der Waals surface area (Å²) in [4.78, 5) is 41.8. The van der Waals surface area contributed by atoms with Gasteiger partial charge in [-0.1, -0.05) is 12.1 Å². The van der Waals surface area contributed by atoms with Crippen LogP contribution in [0.4, 0.5) is 23.7 Å². The Morgan fingerprint density at radius 1 is 1.00 bits per heavy atom. The second-order valence-electron chi connectivity index (χ2n) is 12.2. The lowest BCUT2D eigenvalue weighted by atomic mass is 10.0. The average molecular weight is 676 g/mol. The number of aromatic nitrogens is 2. The minimum Gasteiger partial charge on any atom is -0.493 e. The summed E-state index contributed by atoms with van der Waals surface area (Å²) in [5.74, 6) is -0.944. The molecule has 2 heterocycles. The first kappa shape index (κ1) is 35.9. The Balaban J connectivity index is 1.60. The van der Waals surface area contributed by atoms with Gasteiger partial charge in [0, 0.05) is 30.7 Å². The van der Waals surface area contributed by atoms with Crippen molar-refractivity contribution in [3.8, 4) is 17.2 Å². The number of alkyl halides is 3. The van der Waals surface area contributed by atoms with Crippen molar-refractivity contribution >= 4 is 23.6 Å². The van der Waals surface area contributed by atoms with Gasteiger partial charge in [-0.15, -0.1) is 13.2 Å². The van der Waals surface area contributed by atoms with E-state index in [-0.39, 0.29) is 24.4 Å². The fraction of sp³-hybridized carbons (Fsp3) is 0.455. The fourth-order valence-corrected chi connectivity index (χ4v) is 5.65. The molecule has 1 aromatic heterocycles. The predicted molar refractivity (Wildman–Crippen MR) is 170 cm³/mol. The molecule has 0 fully saturated rings. The molecule has 2 aromatic carbocycles. The summed E-state index contributed by atoms with van der Waals surface area (Å²) in [5, 5.41) is 16.9. The largest absolute Gasteiger partial charge is 0.573 e. The molecule has 1 aliphatic rings. The van der Waals surface area contributed by atoms with E-state index in [0.29, 0.717) is 60.8 Å². The standard InChI is InChI=1S/C33H40F3N5O7/c1-32(2,3)40(31(44)45)16-9-6-10-17-41-28-23(38-29(42)22-11-7-8-12-25(22)48-33(34,35)36)15-18-39(24(28)20-37-41)30(43)21-13-14-26(46-4)27(19-21)47-5/h7-8,11-14,19-20,23H,6,9-10,15-18H2,1-5H3,(H,38,42)(H,44,45). The van der Waals surface area contributed by atoms with Crippen molar-refractivity contribution in [1.29, 1.82) is 0 Å². The van der Waals surface area contributed by atoms with E-state index in [1.807, 2.05) is 20.8 Å². The van der Waals surface area contributed by atoms with Crippen molar-refractivity contribution in [3.63, 3.8) is 0 Å². The maximum Gasteiger partial charge on any atom is 0.573 e. The fourth-order valence-electron chi connectivity index (χ4n) is 5.65. The number of carboxylic acid groups (broad SMARTS) is 1. The van der Waals surface area contributed by atoms with E-state index in [1.54, 1.807) is 22.9 Å². The first-order valence-electron chi connectivity index (χ1n) is 15.4. The van der Waals surface area contributed by atoms with Gasteiger partial charge in [-0.25, -0.2) is 4.79 Å². The predicted octanol–water partition coefficient (Wildman–Crippen LogP) is 6.27. The lowest BCUT2D eigenvalue weighted by molar-refractivity contribution is -0.274. The molecule has 15 heteroatoms. The molecule has 260 valence electrons. The Labute approximate surface area is 276 Å². The van der Waals surface area contributed by atoms with Gasteiger partial charge in [0.15, 0.2) is 11.5 Å². The normalized spacial score (nSPS) is 14.6. The number of nitrogens with zero attached hydrogens (tertiary/aromatic N) is 4. The number of carbonyl (C=O) groups excluding carboxylic acids is 2. The van der Waals surface area contributed by atoms with E-state index in [2.05, 4.69) is 15.2 Å². The minimum absolute atomic E-state index is 0.176. The zero-order valence-electron chi connectivity index (χ0n) is 27.5. The number of unbranched alkanes of at least 4 members (excludes halogenated alkanes) is 2. The van der Waals surface area contributed by atoms with Crippen molar-refractivity contribution in [2.45, 2.75) is 70.9 Å². The number of halogens is 3. The van der Waals surface area contributed by atoms with Crippen molar-refractivity contribution < 1.29 is 46.9 Å². The Hall–Kier alpha value is -4.95. The maximum absolute atomic E-state index is 13.8. The molecule has 0 spiro atoms. The Morgan fingerprint density at radius 3 is 2.35 bits per heavy atom. The first-order chi connectivity index (χ1) is 22.6. The van der Waals surface area contributed by atoms with Gasteiger partial charge in [-0.3, -0.25) is 14.3 Å². The number of hydrogen-bond acceptors (Lipinski definition) is 7. The summed E-state index contributed by atoms with van der Waals surface area (Å²) >= 11 is 0. The van der Waals surface area contributed by atoms with Gasteiger partial charge >= 0.3 is 12.5 Å². The summed E-state index contributed by atoms with van der Waals surface area (Å²) in [6.45, 7) is 6.39. The van der Waals surface area contributed by atoms with Crippen molar-refractivity contribution in [3.05, 3.63) is 65.5 Å². The van der Waals surface area contributed by atoms with E-state index < -0.39 is 35.7 Å². The van der Waals surface area contributed by atoms with Gasteiger partial charge in [0.2, 0.25) is 0 Å². The highest BCUT2D eigenvalue weighted by molar-refractivity contribution is 6.07. The van der Waals surface area contributed by atoms with E-state index in [1.165, 1.54) is 48.4 Å². The molecule has 0 radical (unpaired) electrons. The Morgan fingerprint density at radius 2 is 1.71 bits per heavy atom. The number of hydrogen-bond donors (Lipinski definition) is 2. The molecule has 0 bridgehead atoms. The van der Waals surface area contributed by atoms with Crippen LogP contribution < -0.4 is 24.4 Å². The summed E-state index contributed by atoms with van der Waals surface area (Å²) in [6, 6.07) is 9.16. The van der Waals surface area contributed by atoms with E-state index >= 15 is 0 Å². The second kappa shape index (κ2) is 14.9. The Kier molecular flexibility index (Phi) is 11.1. The van der Waals surface area contributed by atoms with Gasteiger partial charge in [-0.2, -0.15) is 5.10 Å². The van der Waals surface area contributed by atoms with Gasteiger partial charge in [0.05, 0.1) is 43.4 Å². The smallest absolute Gasteiger partial charge is 0.493 e. The number of aryl methyl sites for hydroxylation is 1. The SMILES string of the molecule is COc1ccc(C(=O)N2CCC(NC(=O)c3ccccc3OC(F)(F)F)c3c2cnn3CCCCCN(C(=O)O)C(C)(C)C)cc1OC. The first-order valence-corrected chi connectivity index (χ1v) is 15.4. The van der Waals surface area contributed by atoms with Crippen LogP contribution in [0.15, 0.2) is 48.7 Å². The molecule has 2 N–H and O–H groups in total. The molecule has 1 unspecified atom stereocenters. The van der Waals surface area contributed by atoms with Gasteiger partial charge in [-0.05, 0) is 76.8 Å². The van der Waals surface area contributed by atoms with Gasteiger partial charge in [0.25, 0.3) is 11.8 Å². The molecule has 3 amide bonds. The zero-order valence-corrected chi connectivity index (χ0v) is 27.5. The van der Waals surface area contributed by atoms with Crippen LogP contribution in [0, 0.1) is 0 Å². The molecular weight excluding hydrogens is 635 g/mol. The van der Waals surface area contributed by atoms with Crippen LogP contribution in [0.3, 0.4) is 0 Å². The number of para-hydroxylation sites is 1. The monoisotopic (exact) mass is 675 g/mol. The number of nitrogens with one attached hydrogen (secondary N) is 1. The Bertz CT molecular complexity index is 1620. The highest BCUT2D eigenvalue weighted by Crippen LogP contribution is 2.37. The average Bonchev–Trinajstić information content (AvgIpc) is 3.45. The summed E-state index contributed by atoms with van der Waals surface area (Å²) in [6.07, 6.45) is -2.34. The number of fused-ring (bicyclic) bond motifs is 1. The van der Waals surface area contributed by atoms with Crippen LogP contribution in [-0.2, 0) is 6.54 Å². The summed E-state index contributed by atoms with van der Waals surface area (Å²) in [7, 11) is 2.95. The molecule has 0 saturated heterocycles. The van der Waals surface area contributed by atoms with Crippen LogP contribution in [0.1, 0.15) is 78.9 Å². The molecule has 12 nitrogen and oxygen atoms in total. The number of amides is 3. The van der Waals surface area contributed by atoms with Crippen LogP contribution >= 0.6 is 0 Å². The molecule has 0 saturated carbocycles. The van der Waals surface area contributed by atoms with Crippen LogP contribution in [0.25, 0.3) is 0 Å². The minimum atomic E-state index is -4.99. The highest BCUT2D eigenvalue weighted by Gasteiger charge is 2.36. The lowest BCUT2D eigenvalue weighted by Crippen LogP contribution is -2.45. The van der Waals surface area contributed by atoms with E-state index in [4.69, 9.17) is 9.47 Å². The third kappa shape index (κ3) is 8.49. The molecule has 3 aromatic rings. The van der Waals surface area contributed by atoms with Crippen molar-refractivity contribution in [2.24, 2.45) is 0 Å². The number of methoxy groups -OCH3 is 2. The van der Waals surface area contributed by atoms with E-state index in [9.17, 15) is 32.7 Å². The zero-order chi connectivity index (χ0) is 35.2. The van der Waals surface area contributed by atoms with Crippen molar-refractivity contribution in [2.75, 3.05) is 32.2 Å². The van der Waals surface area contributed by atoms with Crippen LogP contribution in [-0.4, -0.2) is 76.9 Å². The van der Waals surface area contributed by atoms with Gasteiger partial charge < -0.3 is 34.4 Å². The quantitative estimate of drug-likeness (QED) is 0.215. The third-order valence-corrected chi connectivity index (χ3v) is 7.95.